The van der Waals surface area contributed by atoms with Crippen LogP contribution in [-0.4, -0.2) is 70.1 Å². The first-order chi connectivity index (χ1) is 11.5. The van der Waals surface area contributed by atoms with Crippen molar-refractivity contribution in [3.8, 4) is 0 Å². The molecule has 8 heteroatoms. The molecule has 0 saturated carbocycles. The lowest BCUT2D eigenvalue weighted by molar-refractivity contribution is -0.140. The molecule has 24 heavy (non-hydrogen) atoms. The summed E-state index contributed by atoms with van der Waals surface area (Å²) in [6, 6.07) is 0.566. The number of aliphatic carboxylic acids is 1. The largest absolute Gasteiger partial charge is 0.480 e. The molecule has 1 aliphatic heterocycles. The number of nitrogens with one attached hydrogen (secondary N) is 1. The summed E-state index contributed by atoms with van der Waals surface area (Å²) in [5.74, 6) is -0.307. The molecule has 132 valence electrons. The number of amides is 1. The van der Waals surface area contributed by atoms with Gasteiger partial charge in [-0.2, -0.15) is 0 Å². The zero-order valence-electron chi connectivity index (χ0n) is 14.2. The predicted octanol–water partition coefficient (Wildman–Crippen LogP) is 0.357. The fourth-order valence-electron chi connectivity index (χ4n) is 2.80. The van der Waals surface area contributed by atoms with E-state index in [0.717, 1.165) is 6.42 Å². The molecular weight excluding hydrogens is 310 g/mol. The van der Waals surface area contributed by atoms with Crippen molar-refractivity contribution in [3.63, 3.8) is 0 Å². The van der Waals surface area contributed by atoms with E-state index in [1.165, 1.54) is 0 Å². The molecule has 0 radical (unpaired) electrons. The molecule has 2 N–H and O–H groups in total. The maximum absolute atomic E-state index is 12.5. The van der Waals surface area contributed by atoms with Gasteiger partial charge in [-0.05, 0) is 19.4 Å². The monoisotopic (exact) mass is 335 g/mol. The summed E-state index contributed by atoms with van der Waals surface area (Å²) < 4.78 is 0. The average molecular weight is 335 g/mol. The number of nitrogens with zero attached hydrogens (tertiary/aromatic N) is 4. The second-order valence-electron chi connectivity index (χ2n) is 5.93. The van der Waals surface area contributed by atoms with E-state index in [4.69, 9.17) is 0 Å². The lowest BCUT2D eigenvalue weighted by Crippen LogP contribution is -2.55. The van der Waals surface area contributed by atoms with E-state index in [2.05, 4.69) is 15.3 Å². The lowest BCUT2D eigenvalue weighted by Gasteiger charge is -2.36. The number of hydrogen-bond donors (Lipinski definition) is 2. The van der Waals surface area contributed by atoms with Crippen LogP contribution >= 0.6 is 0 Å². The number of hydrogen-bond acceptors (Lipinski definition) is 6. The Labute approximate surface area is 141 Å². The highest BCUT2D eigenvalue weighted by Gasteiger charge is 2.28. The third-order valence-electron chi connectivity index (χ3n) is 4.12. The number of anilines is 1. The molecule has 1 aromatic heterocycles. The van der Waals surface area contributed by atoms with E-state index in [9.17, 15) is 14.7 Å². The highest BCUT2D eigenvalue weighted by Crippen LogP contribution is 2.11. The van der Waals surface area contributed by atoms with E-state index in [1.807, 2.05) is 11.8 Å². The van der Waals surface area contributed by atoms with Crippen LogP contribution in [0, 0.1) is 0 Å². The molecule has 2 atom stereocenters. The maximum Gasteiger partial charge on any atom is 0.320 e. The number of carbonyl (C=O) groups excluding carboxylic acids is 1. The Morgan fingerprint density at radius 1 is 1.25 bits per heavy atom. The van der Waals surface area contributed by atoms with E-state index in [-0.39, 0.29) is 5.91 Å². The smallest absolute Gasteiger partial charge is 0.320 e. The molecule has 8 nitrogen and oxygen atoms in total. The number of piperazine rings is 1. The zero-order valence-corrected chi connectivity index (χ0v) is 14.2. The molecule has 0 bridgehead atoms. The molecule has 2 unspecified atom stereocenters. The first-order valence-corrected chi connectivity index (χ1v) is 8.32. The molecule has 1 aromatic rings. The van der Waals surface area contributed by atoms with Crippen molar-refractivity contribution in [1.82, 2.24) is 20.2 Å². The number of carbonyl (C=O) groups is 2. The van der Waals surface area contributed by atoms with Crippen molar-refractivity contribution in [2.75, 3.05) is 31.1 Å². The molecule has 1 amide bonds. The third kappa shape index (κ3) is 4.64. The molecule has 1 aliphatic rings. The normalized spacial score (nSPS) is 17.4. The van der Waals surface area contributed by atoms with Crippen LogP contribution < -0.4 is 10.2 Å². The summed E-state index contributed by atoms with van der Waals surface area (Å²) in [6.45, 7) is 6.14. The second-order valence-corrected chi connectivity index (χ2v) is 5.93. The molecule has 2 rings (SSSR count). The van der Waals surface area contributed by atoms with Crippen molar-refractivity contribution < 1.29 is 14.7 Å². The highest BCUT2D eigenvalue weighted by molar-refractivity contribution is 5.83. The van der Waals surface area contributed by atoms with E-state index >= 15 is 0 Å². The summed E-state index contributed by atoms with van der Waals surface area (Å²) in [4.78, 5) is 36.0. The molecule has 0 aliphatic carbocycles. The average Bonchev–Trinajstić information content (AvgIpc) is 2.61. The van der Waals surface area contributed by atoms with E-state index < -0.39 is 18.1 Å². The first-order valence-electron chi connectivity index (χ1n) is 8.32. The zero-order chi connectivity index (χ0) is 17.5. The molecule has 2 heterocycles. The summed E-state index contributed by atoms with van der Waals surface area (Å²) in [6.07, 6.45) is 4.66. The standard InChI is InChI=1S/C16H25N5O3/c1-3-5-13(15(23)24)19-12(2)14(22)20-8-10-21(11-9-20)16-17-6-4-7-18-16/h4,6-7,12-13,19H,3,5,8-11H2,1-2H3,(H,23,24). The van der Waals surface area contributed by atoms with Crippen LogP contribution in [-0.2, 0) is 9.59 Å². The fraction of sp³-hybridized carbons (Fsp3) is 0.625. The van der Waals surface area contributed by atoms with Crippen LogP contribution in [0.25, 0.3) is 0 Å². The summed E-state index contributed by atoms with van der Waals surface area (Å²) in [5, 5.41) is 12.1. The number of carboxylic acid groups (broad SMARTS) is 1. The van der Waals surface area contributed by atoms with Gasteiger partial charge in [-0.15, -0.1) is 0 Å². The summed E-state index contributed by atoms with van der Waals surface area (Å²) in [5.41, 5.74) is 0. The molecule has 1 saturated heterocycles. The Balaban J connectivity index is 1.86. The summed E-state index contributed by atoms with van der Waals surface area (Å²) >= 11 is 0. The van der Waals surface area contributed by atoms with Gasteiger partial charge >= 0.3 is 5.97 Å². The van der Waals surface area contributed by atoms with Gasteiger partial charge in [0.1, 0.15) is 6.04 Å². The Morgan fingerprint density at radius 2 is 1.88 bits per heavy atom. The van der Waals surface area contributed by atoms with Gasteiger partial charge in [0, 0.05) is 38.6 Å². The number of aromatic nitrogens is 2. The van der Waals surface area contributed by atoms with Crippen LogP contribution in [0.5, 0.6) is 0 Å². The Kier molecular flexibility index (Phi) is 6.48. The minimum absolute atomic E-state index is 0.0639. The number of carboxylic acids is 1. The van der Waals surface area contributed by atoms with E-state index in [0.29, 0.717) is 38.5 Å². The van der Waals surface area contributed by atoms with Crippen LogP contribution in [0.4, 0.5) is 5.95 Å². The van der Waals surface area contributed by atoms with Crippen LogP contribution in [0.2, 0.25) is 0 Å². The molecule has 0 aromatic carbocycles. The quantitative estimate of drug-likeness (QED) is 0.742. The summed E-state index contributed by atoms with van der Waals surface area (Å²) in [7, 11) is 0. The van der Waals surface area contributed by atoms with Gasteiger partial charge in [0.15, 0.2) is 0 Å². The van der Waals surface area contributed by atoms with Gasteiger partial charge < -0.3 is 14.9 Å². The Bertz CT molecular complexity index is 546. The van der Waals surface area contributed by atoms with Gasteiger partial charge in [0.25, 0.3) is 0 Å². The first kappa shape index (κ1) is 18.1. The fourth-order valence-corrected chi connectivity index (χ4v) is 2.80. The predicted molar refractivity (Wildman–Crippen MR) is 89.8 cm³/mol. The molecule has 1 fully saturated rings. The topological polar surface area (TPSA) is 98.7 Å². The van der Waals surface area contributed by atoms with Gasteiger partial charge in [0.2, 0.25) is 11.9 Å². The van der Waals surface area contributed by atoms with Crippen LogP contribution in [0.15, 0.2) is 18.5 Å². The minimum atomic E-state index is -0.914. The SMILES string of the molecule is CCCC(NC(C)C(=O)N1CCN(c2ncccn2)CC1)C(=O)O. The van der Waals surface area contributed by atoms with Gasteiger partial charge in [-0.3, -0.25) is 14.9 Å². The molecular formula is C16H25N5O3. The Morgan fingerprint density at radius 3 is 2.42 bits per heavy atom. The van der Waals surface area contributed by atoms with Crippen molar-refractivity contribution in [2.45, 2.75) is 38.8 Å². The molecule has 0 spiro atoms. The number of rotatable bonds is 7. The van der Waals surface area contributed by atoms with Crippen molar-refractivity contribution in [2.24, 2.45) is 0 Å². The second kappa shape index (κ2) is 8.58. The van der Waals surface area contributed by atoms with Gasteiger partial charge in [-0.25, -0.2) is 9.97 Å². The highest BCUT2D eigenvalue weighted by atomic mass is 16.4. The van der Waals surface area contributed by atoms with Crippen molar-refractivity contribution in [1.29, 1.82) is 0 Å². The van der Waals surface area contributed by atoms with E-state index in [1.54, 1.807) is 30.3 Å². The minimum Gasteiger partial charge on any atom is -0.480 e. The van der Waals surface area contributed by atoms with Gasteiger partial charge in [0.05, 0.1) is 6.04 Å². The van der Waals surface area contributed by atoms with Crippen LogP contribution in [0.1, 0.15) is 26.7 Å². The lowest BCUT2D eigenvalue weighted by atomic mass is 10.1. The maximum atomic E-state index is 12.5. The van der Waals surface area contributed by atoms with Crippen molar-refractivity contribution in [3.05, 3.63) is 18.5 Å². The van der Waals surface area contributed by atoms with Gasteiger partial charge in [-0.1, -0.05) is 13.3 Å². The van der Waals surface area contributed by atoms with Crippen LogP contribution in [0.3, 0.4) is 0 Å². The Hall–Kier alpha value is -2.22. The third-order valence-corrected chi connectivity index (χ3v) is 4.12. The van der Waals surface area contributed by atoms with Crippen molar-refractivity contribution >= 4 is 17.8 Å².